The Bertz CT molecular complexity index is 717. The van der Waals surface area contributed by atoms with Crippen LogP contribution in [0.25, 0.3) is 6.08 Å². The number of rotatable bonds is 4. The second-order valence-corrected chi connectivity index (χ2v) is 8.70. The Hall–Kier alpha value is -0.940. The topological polar surface area (TPSA) is 107 Å². The lowest BCUT2D eigenvalue weighted by Crippen LogP contribution is -2.30. The van der Waals surface area contributed by atoms with Gasteiger partial charge >= 0.3 is 0 Å². The Kier molecular flexibility index (Phi) is 3.71. The van der Waals surface area contributed by atoms with Gasteiger partial charge in [0.2, 0.25) is 10.0 Å². The van der Waals surface area contributed by atoms with Gasteiger partial charge in [0.05, 0.1) is 13.2 Å². The van der Waals surface area contributed by atoms with Crippen LogP contribution in [-0.4, -0.2) is 41.4 Å². The summed E-state index contributed by atoms with van der Waals surface area (Å²) in [6, 6.07) is 1.26. The molecule has 19 heavy (non-hydrogen) atoms. The highest BCUT2D eigenvalue weighted by Crippen LogP contribution is 2.35. The summed E-state index contributed by atoms with van der Waals surface area (Å²) in [6.07, 6.45) is 2.92. The molecule has 7 nitrogen and oxygen atoms in total. The minimum Gasteiger partial charge on any atom is -0.383 e. The van der Waals surface area contributed by atoms with Crippen LogP contribution in [0.15, 0.2) is 20.7 Å². The summed E-state index contributed by atoms with van der Waals surface area (Å²) in [6.45, 7) is 0.406. The highest BCUT2D eigenvalue weighted by Gasteiger charge is 2.31. The summed E-state index contributed by atoms with van der Waals surface area (Å²) in [5, 5.41) is 5.00. The van der Waals surface area contributed by atoms with E-state index in [1.54, 1.807) is 0 Å². The lowest BCUT2D eigenvalue weighted by Gasteiger charge is -2.22. The van der Waals surface area contributed by atoms with Crippen molar-refractivity contribution < 1.29 is 21.6 Å². The van der Waals surface area contributed by atoms with E-state index in [4.69, 9.17) is 9.88 Å². The molecular formula is C9H12N2O5S3. The Labute approximate surface area is 115 Å². The Morgan fingerprint density at radius 1 is 1.47 bits per heavy atom. The average molecular weight is 324 g/mol. The SMILES string of the molecule is COCCN1C=Cc2cc(S(N)(=O)=O)sc2S1(=O)=O. The number of thiophene rings is 1. The highest BCUT2D eigenvalue weighted by atomic mass is 32.3. The predicted molar refractivity (Wildman–Crippen MR) is 70.5 cm³/mol. The molecule has 2 heterocycles. The van der Waals surface area contributed by atoms with Crippen LogP contribution >= 0.6 is 11.3 Å². The first kappa shape index (κ1) is 14.5. The zero-order valence-electron chi connectivity index (χ0n) is 9.94. The molecule has 0 aromatic carbocycles. The van der Waals surface area contributed by atoms with E-state index in [0.717, 1.165) is 4.31 Å². The molecule has 10 heteroatoms. The van der Waals surface area contributed by atoms with Crippen LogP contribution in [0, 0.1) is 0 Å². The number of sulfonamides is 2. The smallest absolute Gasteiger partial charge is 0.274 e. The largest absolute Gasteiger partial charge is 0.383 e. The Balaban J connectivity index is 2.47. The fraction of sp³-hybridized carbons (Fsp3) is 0.333. The maximum atomic E-state index is 12.2. The molecule has 2 rings (SSSR count). The molecule has 2 N–H and O–H groups in total. The van der Waals surface area contributed by atoms with Crippen LogP contribution in [-0.2, 0) is 24.8 Å². The Morgan fingerprint density at radius 2 is 2.16 bits per heavy atom. The van der Waals surface area contributed by atoms with Crippen molar-refractivity contribution in [2.45, 2.75) is 8.42 Å². The van der Waals surface area contributed by atoms with Crippen LogP contribution < -0.4 is 5.14 Å². The van der Waals surface area contributed by atoms with E-state index in [0.29, 0.717) is 16.9 Å². The monoisotopic (exact) mass is 324 g/mol. The molecule has 1 aromatic heterocycles. The number of nitrogens with zero attached hydrogens (tertiary/aromatic N) is 1. The van der Waals surface area contributed by atoms with E-state index in [2.05, 4.69) is 0 Å². The van der Waals surface area contributed by atoms with Crippen molar-refractivity contribution in [1.29, 1.82) is 0 Å². The van der Waals surface area contributed by atoms with Gasteiger partial charge in [0.25, 0.3) is 10.0 Å². The average Bonchev–Trinajstić information content (AvgIpc) is 2.73. The molecule has 0 atom stereocenters. The van der Waals surface area contributed by atoms with Gasteiger partial charge < -0.3 is 4.74 Å². The van der Waals surface area contributed by atoms with Crippen molar-refractivity contribution in [3.63, 3.8) is 0 Å². The number of hydrogen-bond acceptors (Lipinski definition) is 6. The first-order valence-electron chi connectivity index (χ1n) is 5.12. The van der Waals surface area contributed by atoms with Crippen LogP contribution in [0.3, 0.4) is 0 Å². The molecule has 0 fully saturated rings. The summed E-state index contributed by atoms with van der Waals surface area (Å²) in [7, 11) is -6.17. The molecule has 1 aliphatic heterocycles. The van der Waals surface area contributed by atoms with Gasteiger partial charge in [0, 0.05) is 18.9 Å². The predicted octanol–water partition coefficient (Wildman–Crippen LogP) is 0.0169. The van der Waals surface area contributed by atoms with Crippen molar-refractivity contribution >= 4 is 37.5 Å². The van der Waals surface area contributed by atoms with E-state index in [1.807, 2.05) is 0 Å². The van der Waals surface area contributed by atoms with E-state index >= 15 is 0 Å². The lowest BCUT2D eigenvalue weighted by molar-refractivity contribution is 0.188. The minimum atomic E-state index is -3.90. The van der Waals surface area contributed by atoms with E-state index in [-0.39, 0.29) is 21.6 Å². The first-order chi connectivity index (χ1) is 8.76. The molecule has 1 aromatic rings. The van der Waals surface area contributed by atoms with Gasteiger partial charge in [-0.15, -0.1) is 11.3 Å². The molecule has 0 amide bonds. The van der Waals surface area contributed by atoms with Gasteiger partial charge in [0.1, 0.15) is 8.42 Å². The summed E-state index contributed by atoms with van der Waals surface area (Å²) in [4.78, 5) is 0. The van der Waals surface area contributed by atoms with E-state index in [9.17, 15) is 16.8 Å². The third-order valence-electron chi connectivity index (χ3n) is 2.46. The number of primary sulfonamides is 1. The number of nitrogens with two attached hydrogens (primary N) is 1. The van der Waals surface area contributed by atoms with Crippen LogP contribution in [0.1, 0.15) is 5.56 Å². The quantitative estimate of drug-likeness (QED) is 0.840. The number of ether oxygens (including phenoxy) is 1. The number of methoxy groups -OCH3 is 1. The molecule has 0 radical (unpaired) electrons. The van der Waals surface area contributed by atoms with Gasteiger partial charge in [-0.2, -0.15) is 0 Å². The van der Waals surface area contributed by atoms with Crippen molar-refractivity contribution in [3.8, 4) is 0 Å². The van der Waals surface area contributed by atoms with Crippen LogP contribution in [0.5, 0.6) is 0 Å². The fourth-order valence-electron chi connectivity index (χ4n) is 1.55. The molecule has 0 spiro atoms. The maximum absolute atomic E-state index is 12.2. The number of fused-ring (bicyclic) bond motifs is 1. The molecule has 1 aliphatic rings. The number of hydrogen-bond donors (Lipinski definition) is 1. The van der Waals surface area contributed by atoms with E-state index < -0.39 is 20.0 Å². The zero-order chi connectivity index (χ0) is 14.3. The summed E-state index contributed by atoms with van der Waals surface area (Å²) >= 11 is 0.652. The van der Waals surface area contributed by atoms with Gasteiger partial charge in [-0.1, -0.05) is 0 Å². The van der Waals surface area contributed by atoms with Crippen molar-refractivity contribution in [2.24, 2.45) is 5.14 Å². The molecule has 0 saturated carbocycles. The van der Waals surface area contributed by atoms with Crippen molar-refractivity contribution in [2.75, 3.05) is 20.3 Å². The lowest BCUT2D eigenvalue weighted by atomic mass is 10.3. The Morgan fingerprint density at radius 3 is 2.74 bits per heavy atom. The van der Waals surface area contributed by atoms with Crippen LogP contribution in [0.2, 0.25) is 0 Å². The zero-order valence-corrected chi connectivity index (χ0v) is 12.4. The van der Waals surface area contributed by atoms with E-state index in [1.165, 1.54) is 25.5 Å². The molecule has 106 valence electrons. The molecular weight excluding hydrogens is 312 g/mol. The summed E-state index contributed by atoms with van der Waals surface area (Å²) in [5.74, 6) is 0. The highest BCUT2D eigenvalue weighted by molar-refractivity contribution is 7.94. The van der Waals surface area contributed by atoms with Gasteiger partial charge in [0.15, 0.2) is 0 Å². The molecule has 0 bridgehead atoms. The first-order valence-corrected chi connectivity index (χ1v) is 8.93. The molecule has 0 saturated heterocycles. The molecule has 0 aliphatic carbocycles. The van der Waals surface area contributed by atoms with Gasteiger partial charge in [-0.05, 0) is 12.1 Å². The minimum absolute atomic E-state index is 0.0184. The standard InChI is InChI=1S/C9H12N2O5S3/c1-16-5-4-11-3-2-7-6-8(18(10,12)13)17-9(7)19(11,14)15/h2-3,6H,4-5H2,1H3,(H2,10,12,13). The van der Waals surface area contributed by atoms with Crippen LogP contribution in [0.4, 0.5) is 0 Å². The normalized spacial score (nSPS) is 17.5. The van der Waals surface area contributed by atoms with Gasteiger partial charge in [-0.25, -0.2) is 22.0 Å². The third kappa shape index (κ3) is 2.67. The van der Waals surface area contributed by atoms with Crippen molar-refractivity contribution in [3.05, 3.63) is 17.8 Å². The van der Waals surface area contributed by atoms with Gasteiger partial charge in [-0.3, -0.25) is 4.31 Å². The molecule has 0 unspecified atom stereocenters. The second-order valence-electron chi connectivity index (χ2n) is 3.78. The second kappa shape index (κ2) is 4.87. The van der Waals surface area contributed by atoms with Crippen molar-refractivity contribution in [1.82, 2.24) is 4.31 Å². The fourth-order valence-corrected chi connectivity index (χ4v) is 5.48. The summed E-state index contributed by atoms with van der Waals surface area (Å²) < 4.78 is 52.8. The third-order valence-corrected chi connectivity index (χ3v) is 7.34. The maximum Gasteiger partial charge on any atom is 0.274 e. The summed E-state index contributed by atoms with van der Waals surface area (Å²) in [5.41, 5.74) is 0.336.